The molecular formula is C38H66N2O4. The van der Waals surface area contributed by atoms with Gasteiger partial charge in [-0.05, 0) is 12.8 Å². The minimum Gasteiger partial charge on any atom is -0.275 e. The predicted octanol–water partition coefficient (Wildman–Crippen LogP) is 10.0. The molecule has 6 nitrogen and oxygen atoms in total. The summed E-state index contributed by atoms with van der Waals surface area (Å²) in [5.41, 5.74) is 0. The Labute approximate surface area is 270 Å². The van der Waals surface area contributed by atoms with Gasteiger partial charge in [0.25, 0.3) is 23.6 Å². The van der Waals surface area contributed by atoms with E-state index in [0.29, 0.717) is 13.1 Å². The fourth-order valence-electron chi connectivity index (χ4n) is 5.88. The molecule has 0 aromatic heterocycles. The van der Waals surface area contributed by atoms with Gasteiger partial charge < -0.3 is 0 Å². The van der Waals surface area contributed by atoms with Gasteiger partial charge in [0, 0.05) is 37.4 Å². The maximum absolute atomic E-state index is 11.4. The standard InChI is InChI=1S/C22H39NO2.C16H27NO2/c1-2-3-4-5-6-7-8-9-10-11-12-13-14-15-16-17-20-23-21(24)18-19-22(23)25;1-2-3-4-5-6-7-8-9-10-11-14-17-15(18)12-13-16(17)19/h18-19H,2-17,20H2,1H3;12-13H,2-11,14H2,1H3. The van der Waals surface area contributed by atoms with Crippen molar-refractivity contribution in [1.82, 2.24) is 9.80 Å². The molecule has 4 amide bonds. The summed E-state index contributed by atoms with van der Waals surface area (Å²) in [5, 5.41) is 0. The third-order valence-corrected chi connectivity index (χ3v) is 8.77. The summed E-state index contributed by atoms with van der Waals surface area (Å²) >= 11 is 0. The molecule has 0 aromatic rings. The average molecular weight is 615 g/mol. The van der Waals surface area contributed by atoms with Gasteiger partial charge in [0.15, 0.2) is 0 Å². The summed E-state index contributed by atoms with van der Waals surface area (Å²) in [7, 11) is 0. The van der Waals surface area contributed by atoms with Crippen molar-refractivity contribution in [3.05, 3.63) is 24.3 Å². The first-order valence-electron chi connectivity index (χ1n) is 18.6. The number of imide groups is 2. The maximum Gasteiger partial charge on any atom is 0.253 e. The Morgan fingerprint density at radius 2 is 0.500 bits per heavy atom. The second-order valence-electron chi connectivity index (χ2n) is 12.8. The molecule has 2 aliphatic heterocycles. The number of rotatable bonds is 28. The lowest BCUT2D eigenvalue weighted by molar-refractivity contribution is -0.138. The highest BCUT2D eigenvalue weighted by molar-refractivity contribution is 6.13. The van der Waals surface area contributed by atoms with Gasteiger partial charge in [-0.1, -0.05) is 168 Å². The highest BCUT2D eigenvalue weighted by atomic mass is 16.2. The van der Waals surface area contributed by atoms with Crippen molar-refractivity contribution in [2.24, 2.45) is 0 Å². The van der Waals surface area contributed by atoms with Crippen molar-refractivity contribution in [3.8, 4) is 0 Å². The van der Waals surface area contributed by atoms with Gasteiger partial charge in [0.05, 0.1) is 0 Å². The molecule has 0 N–H and O–H groups in total. The lowest BCUT2D eigenvalue weighted by Crippen LogP contribution is -2.30. The van der Waals surface area contributed by atoms with Gasteiger partial charge in [0.2, 0.25) is 0 Å². The van der Waals surface area contributed by atoms with Gasteiger partial charge in [-0.15, -0.1) is 0 Å². The van der Waals surface area contributed by atoms with Crippen LogP contribution in [-0.2, 0) is 19.2 Å². The van der Waals surface area contributed by atoms with Crippen LogP contribution in [0.4, 0.5) is 0 Å². The lowest BCUT2D eigenvalue weighted by Gasteiger charge is -2.12. The first kappa shape index (κ1) is 39.8. The van der Waals surface area contributed by atoms with Crippen LogP contribution in [-0.4, -0.2) is 46.5 Å². The normalized spacial score (nSPS) is 14.3. The Balaban J connectivity index is 0.000000457. The van der Waals surface area contributed by atoms with E-state index in [0.717, 1.165) is 25.7 Å². The van der Waals surface area contributed by atoms with E-state index in [2.05, 4.69) is 13.8 Å². The van der Waals surface area contributed by atoms with Crippen LogP contribution < -0.4 is 0 Å². The first-order valence-corrected chi connectivity index (χ1v) is 18.6. The maximum atomic E-state index is 11.4. The summed E-state index contributed by atoms with van der Waals surface area (Å²) in [6.45, 7) is 5.69. The second kappa shape index (κ2) is 28.2. The number of nitrogens with zero attached hydrogens (tertiary/aromatic N) is 2. The zero-order valence-electron chi connectivity index (χ0n) is 28.6. The topological polar surface area (TPSA) is 74.8 Å². The molecule has 2 heterocycles. The molecule has 2 rings (SSSR count). The molecule has 44 heavy (non-hydrogen) atoms. The predicted molar refractivity (Wildman–Crippen MR) is 183 cm³/mol. The molecule has 0 spiro atoms. The number of unbranched alkanes of at least 4 members (excludes halogenated alkanes) is 24. The van der Waals surface area contributed by atoms with Gasteiger partial charge in [-0.3, -0.25) is 29.0 Å². The summed E-state index contributed by atoms with van der Waals surface area (Å²) < 4.78 is 0. The number of carbonyl (C=O) groups excluding carboxylic acids is 4. The minimum absolute atomic E-state index is 0.147. The van der Waals surface area contributed by atoms with Crippen molar-refractivity contribution in [2.75, 3.05) is 13.1 Å². The van der Waals surface area contributed by atoms with E-state index in [1.807, 2.05) is 0 Å². The van der Waals surface area contributed by atoms with Gasteiger partial charge in [0.1, 0.15) is 0 Å². The van der Waals surface area contributed by atoms with E-state index in [1.54, 1.807) is 0 Å². The Bertz CT molecular complexity index is 799. The Morgan fingerprint density at radius 3 is 0.705 bits per heavy atom. The summed E-state index contributed by atoms with van der Waals surface area (Å²) in [6.07, 6.45) is 39.5. The molecule has 0 bridgehead atoms. The SMILES string of the molecule is CCCCCCCCCCCCCCCCCCN1C(=O)C=CC1=O.CCCCCCCCCCCCN1C(=O)C=CC1=O. The fourth-order valence-corrected chi connectivity index (χ4v) is 5.88. The van der Waals surface area contributed by atoms with Crippen LogP contribution in [0.1, 0.15) is 181 Å². The molecular weight excluding hydrogens is 548 g/mol. The van der Waals surface area contributed by atoms with Gasteiger partial charge in [-0.25, -0.2) is 0 Å². The van der Waals surface area contributed by atoms with Crippen LogP contribution in [0, 0.1) is 0 Å². The molecule has 0 aliphatic carbocycles. The quantitative estimate of drug-likeness (QED) is 0.0649. The fraction of sp³-hybridized carbons (Fsp3) is 0.789. The zero-order valence-corrected chi connectivity index (χ0v) is 28.6. The number of hydrogen-bond donors (Lipinski definition) is 0. The Kier molecular flexibility index (Phi) is 25.5. The molecule has 0 aromatic carbocycles. The Hall–Kier alpha value is -2.24. The third-order valence-electron chi connectivity index (χ3n) is 8.77. The summed E-state index contributed by atoms with van der Waals surface area (Å²) in [5.74, 6) is -0.598. The van der Waals surface area contributed by atoms with Crippen LogP contribution in [0.25, 0.3) is 0 Å². The van der Waals surface area contributed by atoms with E-state index in [-0.39, 0.29) is 23.6 Å². The van der Waals surface area contributed by atoms with Crippen molar-refractivity contribution in [1.29, 1.82) is 0 Å². The zero-order chi connectivity index (χ0) is 32.1. The highest BCUT2D eigenvalue weighted by Crippen LogP contribution is 2.15. The number of hydrogen-bond acceptors (Lipinski definition) is 4. The molecule has 0 saturated heterocycles. The van der Waals surface area contributed by atoms with E-state index in [1.165, 1.54) is 175 Å². The van der Waals surface area contributed by atoms with E-state index >= 15 is 0 Å². The molecule has 0 unspecified atom stereocenters. The van der Waals surface area contributed by atoms with Crippen LogP contribution in [0.5, 0.6) is 0 Å². The van der Waals surface area contributed by atoms with E-state index < -0.39 is 0 Å². The average Bonchev–Trinajstić information content (AvgIpc) is 3.52. The minimum atomic E-state index is -0.152. The molecule has 252 valence electrons. The number of carbonyl (C=O) groups is 4. The monoisotopic (exact) mass is 615 g/mol. The van der Waals surface area contributed by atoms with Crippen LogP contribution >= 0.6 is 0 Å². The third kappa shape index (κ3) is 20.7. The van der Waals surface area contributed by atoms with Gasteiger partial charge in [-0.2, -0.15) is 0 Å². The van der Waals surface area contributed by atoms with E-state index in [9.17, 15) is 19.2 Å². The molecule has 0 fully saturated rings. The summed E-state index contributed by atoms with van der Waals surface area (Å²) in [6, 6.07) is 0. The largest absolute Gasteiger partial charge is 0.275 e. The van der Waals surface area contributed by atoms with Crippen LogP contribution in [0.2, 0.25) is 0 Å². The summed E-state index contributed by atoms with van der Waals surface area (Å²) in [4.78, 5) is 48.1. The van der Waals surface area contributed by atoms with Crippen LogP contribution in [0.3, 0.4) is 0 Å². The first-order chi connectivity index (χ1) is 21.5. The second-order valence-corrected chi connectivity index (χ2v) is 12.8. The van der Waals surface area contributed by atoms with Crippen molar-refractivity contribution in [3.63, 3.8) is 0 Å². The Morgan fingerprint density at radius 1 is 0.318 bits per heavy atom. The van der Waals surface area contributed by atoms with Crippen molar-refractivity contribution < 1.29 is 19.2 Å². The highest BCUT2D eigenvalue weighted by Gasteiger charge is 2.22. The van der Waals surface area contributed by atoms with Gasteiger partial charge >= 0.3 is 0 Å². The smallest absolute Gasteiger partial charge is 0.253 e. The van der Waals surface area contributed by atoms with Crippen molar-refractivity contribution >= 4 is 23.6 Å². The van der Waals surface area contributed by atoms with E-state index in [4.69, 9.17) is 0 Å². The molecule has 6 heteroatoms. The molecule has 0 saturated carbocycles. The molecule has 2 aliphatic rings. The van der Waals surface area contributed by atoms with Crippen molar-refractivity contribution in [2.45, 2.75) is 181 Å². The number of amides is 4. The van der Waals surface area contributed by atoms with Crippen LogP contribution in [0.15, 0.2) is 24.3 Å². The molecule has 0 atom stereocenters. The molecule has 0 radical (unpaired) electrons. The lowest BCUT2D eigenvalue weighted by atomic mass is 10.0.